The number of thiophene rings is 1. The molecule has 26 heavy (non-hydrogen) atoms. The van der Waals surface area contributed by atoms with Gasteiger partial charge in [-0.3, -0.25) is 14.4 Å². The topological polar surface area (TPSA) is 91.7 Å². The van der Waals surface area contributed by atoms with Gasteiger partial charge in [-0.25, -0.2) is 0 Å². The molecule has 2 aromatic rings. The molecule has 0 saturated carbocycles. The zero-order valence-electron chi connectivity index (χ0n) is 14.4. The summed E-state index contributed by atoms with van der Waals surface area (Å²) in [6.07, 6.45) is 2.82. The molecule has 0 bridgehead atoms. The van der Waals surface area contributed by atoms with Gasteiger partial charge in [-0.05, 0) is 43.3 Å². The third kappa shape index (κ3) is 4.32. The lowest BCUT2D eigenvalue weighted by molar-refractivity contribution is -0.123. The molecule has 0 spiro atoms. The maximum atomic E-state index is 12.3. The van der Waals surface area contributed by atoms with Crippen molar-refractivity contribution < 1.29 is 18.8 Å². The van der Waals surface area contributed by atoms with Crippen molar-refractivity contribution in [1.82, 2.24) is 15.5 Å². The zero-order valence-corrected chi connectivity index (χ0v) is 15.3. The fraction of sp³-hybridized carbons (Fsp3) is 0.389. The number of hydrogen-bond donors (Lipinski definition) is 2. The van der Waals surface area contributed by atoms with Crippen LogP contribution in [0, 0.1) is 0 Å². The Bertz CT molecular complexity index is 750. The Labute approximate surface area is 155 Å². The Kier molecular flexibility index (Phi) is 5.72. The van der Waals surface area contributed by atoms with Crippen molar-refractivity contribution >= 4 is 29.1 Å². The second-order valence-electron chi connectivity index (χ2n) is 6.22. The number of carbonyl (C=O) groups excluding carboxylic acids is 3. The second-order valence-corrected chi connectivity index (χ2v) is 7.17. The van der Waals surface area contributed by atoms with Gasteiger partial charge in [-0.15, -0.1) is 11.3 Å². The van der Waals surface area contributed by atoms with Gasteiger partial charge >= 0.3 is 0 Å². The molecule has 0 aliphatic carbocycles. The van der Waals surface area contributed by atoms with Crippen molar-refractivity contribution in [2.75, 3.05) is 13.1 Å². The summed E-state index contributed by atoms with van der Waals surface area (Å²) in [7, 11) is 0. The normalized spacial score (nSPS) is 16.1. The molecule has 138 valence electrons. The SMILES string of the molecule is CC(NC(=O)c1cccs1)C(=O)NC1CCN(C(=O)c2ccco2)CC1. The quantitative estimate of drug-likeness (QED) is 0.835. The van der Waals surface area contributed by atoms with E-state index in [-0.39, 0.29) is 23.8 Å². The van der Waals surface area contributed by atoms with Crippen LogP contribution in [0.5, 0.6) is 0 Å². The number of likely N-dealkylation sites (tertiary alicyclic amines) is 1. The Morgan fingerprint density at radius 3 is 2.62 bits per heavy atom. The van der Waals surface area contributed by atoms with Crippen molar-refractivity contribution in [3.05, 3.63) is 46.5 Å². The van der Waals surface area contributed by atoms with E-state index in [1.807, 2.05) is 5.38 Å². The van der Waals surface area contributed by atoms with Gasteiger partial charge in [0.2, 0.25) is 5.91 Å². The van der Waals surface area contributed by atoms with Gasteiger partial charge in [-0.1, -0.05) is 6.07 Å². The molecular weight excluding hydrogens is 354 g/mol. The molecule has 3 amide bonds. The van der Waals surface area contributed by atoms with Gasteiger partial charge in [-0.2, -0.15) is 0 Å². The van der Waals surface area contributed by atoms with Crippen LogP contribution in [0.15, 0.2) is 40.3 Å². The first-order chi connectivity index (χ1) is 12.5. The largest absolute Gasteiger partial charge is 0.459 e. The number of hydrogen-bond acceptors (Lipinski definition) is 5. The highest BCUT2D eigenvalue weighted by atomic mass is 32.1. The summed E-state index contributed by atoms with van der Waals surface area (Å²) in [6.45, 7) is 2.78. The van der Waals surface area contributed by atoms with Gasteiger partial charge < -0.3 is 20.0 Å². The van der Waals surface area contributed by atoms with E-state index in [4.69, 9.17) is 4.42 Å². The number of amides is 3. The number of piperidine rings is 1. The first kappa shape index (κ1) is 18.2. The van der Waals surface area contributed by atoms with Crippen LogP contribution in [0.25, 0.3) is 0 Å². The lowest BCUT2D eigenvalue weighted by Gasteiger charge is -2.32. The maximum Gasteiger partial charge on any atom is 0.289 e. The molecule has 3 heterocycles. The summed E-state index contributed by atoms with van der Waals surface area (Å²) in [6, 6.07) is 6.22. The highest BCUT2D eigenvalue weighted by molar-refractivity contribution is 7.12. The van der Waals surface area contributed by atoms with Crippen LogP contribution in [0.3, 0.4) is 0 Å². The van der Waals surface area contributed by atoms with Gasteiger partial charge in [0.1, 0.15) is 6.04 Å². The van der Waals surface area contributed by atoms with E-state index in [2.05, 4.69) is 10.6 Å². The van der Waals surface area contributed by atoms with Crippen molar-refractivity contribution in [3.63, 3.8) is 0 Å². The fourth-order valence-corrected chi connectivity index (χ4v) is 3.48. The first-order valence-corrected chi connectivity index (χ1v) is 9.40. The Hall–Kier alpha value is -2.61. The molecule has 0 aromatic carbocycles. The second kappa shape index (κ2) is 8.18. The molecule has 2 aromatic heterocycles. The van der Waals surface area contributed by atoms with Crippen molar-refractivity contribution in [3.8, 4) is 0 Å². The molecular formula is C18H21N3O4S. The minimum atomic E-state index is -0.618. The average Bonchev–Trinajstić information content (AvgIpc) is 3.35. The summed E-state index contributed by atoms with van der Waals surface area (Å²) in [5.74, 6) is -0.263. The van der Waals surface area contributed by atoms with Crippen LogP contribution < -0.4 is 10.6 Å². The van der Waals surface area contributed by atoms with Gasteiger partial charge in [0, 0.05) is 19.1 Å². The van der Waals surface area contributed by atoms with E-state index < -0.39 is 6.04 Å². The highest BCUT2D eigenvalue weighted by Gasteiger charge is 2.27. The van der Waals surface area contributed by atoms with Crippen molar-refractivity contribution in [2.24, 2.45) is 0 Å². The lowest BCUT2D eigenvalue weighted by Crippen LogP contribution is -2.51. The predicted octanol–water partition coefficient (Wildman–Crippen LogP) is 1.88. The van der Waals surface area contributed by atoms with Crippen molar-refractivity contribution in [2.45, 2.75) is 31.8 Å². The van der Waals surface area contributed by atoms with Crippen LogP contribution in [0.4, 0.5) is 0 Å². The average molecular weight is 375 g/mol. The Balaban J connectivity index is 1.44. The first-order valence-electron chi connectivity index (χ1n) is 8.52. The number of nitrogens with one attached hydrogen (secondary N) is 2. The summed E-state index contributed by atoms with van der Waals surface area (Å²) in [5.41, 5.74) is 0. The minimum Gasteiger partial charge on any atom is -0.459 e. The third-order valence-electron chi connectivity index (χ3n) is 4.35. The Morgan fingerprint density at radius 1 is 1.23 bits per heavy atom. The van der Waals surface area contributed by atoms with E-state index in [0.29, 0.717) is 36.6 Å². The number of carbonyl (C=O) groups is 3. The summed E-state index contributed by atoms with van der Waals surface area (Å²) < 4.78 is 5.14. The predicted molar refractivity (Wildman–Crippen MR) is 97.0 cm³/mol. The van der Waals surface area contributed by atoms with Crippen LogP contribution in [0.2, 0.25) is 0 Å². The third-order valence-corrected chi connectivity index (χ3v) is 5.21. The van der Waals surface area contributed by atoms with Gasteiger partial charge in [0.05, 0.1) is 11.1 Å². The molecule has 1 atom stereocenters. The standard InChI is InChI=1S/C18H21N3O4S/c1-12(19-17(23)15-5-3-11-26-15)16(22)20-13-6-8-21(9-7-13)18(24)14-4-2-10-25-14/h2-5,10-13H,6-9H2,1H3,(H,19,23)(H,20,22). The highest BCUT2D eigenvalue weighted by Crippen LogP contribution is 2.14. The molecule has 1 aliphatic rings. The number of rotatable bonds is 5. The molecule has 8 heteroatoms. The molecule has 1 unspecified atom stereocenters. The van der Waals surface area contributed by atoms with E-state index in [1.165, 1.54) is 17.6 Å². The summed E-state index contributed by atoms with van der Waals surface area (Å²) >= 11 is 1.33. The van der Waals surface area contributed by atoms with E-state index in [0.717, 1.165) is 0 Å². The lowest BCUT2D eigenvalue weighted by atomic mass is 10.0. The zero-order chi connectivity index (χ0) is 18.5. The minimum absolute atomic E-state index is 0.00996. The molecule has 3 rings (SSSR count). The van der Waals surface area contributed by atoms with Crippen molar-refractivity contribution in [1.29, 1.82) is 0 Å². The summed E-state index contributed by atoms with van der Waals surface area (Å²) in [5, 5.41) is 7.47. The molecule has 1 saturated heterocycles. The van der Waals surface area contributed by atoms with E-state index >= 15 is 0 Å². The molecule has 0 radical (unpaired) electrons. The van der Waals surface area contributed by atoms with E-state index in [1.54, 1.807) is 36.1 Å². The monoisotopic (exact) mass is 375 g/mol. The van der Waals surface area contributed by atoms with Crippen LogP contribution in [-0.4, -0.2) is 47.8 Å². The Morgan fingerprint density at radius 2 is 2.00 bits per heavy atom. The maximum absolute atomic E-state index is 12.3. The fourth-order valence-electron chi connectivity index (χ4n) is 2.85. The molecule has 7 nitrogen and oxygen atoms in total. The molecule has 2 N–H and O–H groups in total. The molecule has 1 aliphatic heterocycles. The van der Waals surface area contributed by atoms with Crippen LogP contribution in [-0.2, 0) is 4.79 Å². The summed E-state index contributed by atoms with van der Waals surface area (Å²) in [4.78, 5) is 38.8. The van der Waals surface area contributed by atoms with Crippen LogP contribution >= 0.6 is 11.3 Å². The van der Waals surface area contributed by atoms with Gasteiger partial charge in [0.15, 0.2) is 5.76 Å². The van der Waals surface area contributed by atoms with Crippen LogP contribution in [0.1, 0.15) is 40.0 Å². The number of furan rings is 1. The number of nitrogens with zero attached hydrogens (tertiary/aromatic N) is 1. The molecule has 1 fully saturated rings. The van der Waals surface area contributed by atoms with Gasteiger partial charge in [0.25, 0.3) is 11.8 Å². The smallest absolute Gasteiger partial charge is 0.289 e. The van der Waals surface area contributed by atoms with E-state index in [9.17, 15) is 14.4 Å².